The smallest absolute Gasteiger partial charge is 0.0643 e. The minimum Gasteiger partial charge on any atom is -0.366 e. The molecular formula is C17H19ClN2. The number of nitrogens with two attached hydrogens (primary N) is 1. The van der Waals surface area contributed by atoms with Gasteiger partial charge in [0.05, 0.1) is 10.7 Å². The summed E-state index contributed by atoms with van der Waals surface area (Å²) in [6.45, 7) is 3.91. The highest BCUT2D eigenvalue weighted by molar-refractivity contribution is 6.33. The number of anilines is 1. The lowest BCUT2D eigenvalue weighted by Crippen LogP contribution is -2.30. The van der Waals surface area contributed by atoms with E-state index in [1.165, 1.54) is 11.1 Å². The van der Waals surface area contributed by atoms with Gasteiger partial charge < -0.3 is 10.6 Å². The Hall–Kier alpha value is -1.51. The second-order valence-electron chi connectivity index (χ2n) is 5.44. The maximum absolute atomic E-state index is 6.44. The molecule has 0 fully saturated rings. The third-order valence-electron chi connectivity index (χ3n) is 3.97. The van der Waals surface area contributed by atoms with Crippen molar-refractivity contribution in [1.82, 2.24) is 0 Å². The van der Waals surface area contributed by atoms with Crippen molar-refractivity contribution < 1.29 is 0 Å². The van der Waals surface area contributed by atoms with E-state index >= 15 is 0 Å². The van der Waals surface area contributed by atoms with E-state index in [-0.39, 0.29) is 6.04 Å². The molecule has 2 aromatic carbocycles. The summed E-state index contributed by atoms with van der Waals surface area (Å²) in [5.41, 5.74) is 10.9. The van der Waals surface area contributed by atoms with Crippen LogP contribution in [-0.4, -0.2) is 6.54 Å². The van der Waals surface area contributed by atoms with Gasteiger partial charge >= 0.3 is 0 Å². The standard InChI is InChI=1S/C17H19ClN2/c1-12(19)14-6-7-17(16(18)10-14)20-9-8-13-4-2-3-5-15(13)11-20/h2-7,10,12H,8-9,11,19H2,1H3/t12-/m1/s1. The molecule has 0 radical (unpaired) electrons. The number of hydrogen-bond acceptors (Lipinski definition) is 2. The summed E-state index contributed by atoms with van der Waals surface area (Å²) in [5, 5.41) is 0.791. The van der Waals surface area contributed by atoms with E-state index in [9.17, 15) is 0 Å². The van der Waals surface area contributed by atoms with E-state index in [4.69, 9.17) is 17.3 Å². The molecule has 20 heavy (non-hydrogen) atoms. The highest BCUT2D eigenvalue weighted by Gasteiger charge is 2.18. The largest absolute Gasteiger partial charge is 0.366 e. The molecule has 0 saturated heterocycles. The minimum atomic E-state index is 0.0173. The van der Waals surface area contributed by atoms with Crippen LogP contribution in [0.3, 0.4) is 0 Å². The molecule has 0 amide bonds. The van der Waals surface area contributed by atoms with Crippen molar-refractivity contribution in [2.24, 2.45) is 5.73 Å². The first-order valence-electron chi connectivity index (χ1n) is 7.02. The fraction of sp³-hybridized carbons (Fsp3) is 0.294. The normalized spacial score (nSPS) is 15.8. The maximum atomic E-state index is 6.44. The highest BCUT2D eigenvalue weighted by Crippen LogP contribution is 2.32. The van der Waals surface area contributed by atoms with Gasteiger partial charge in [0.1, 0.15) is 0 Å². The SMILES string of the molecule is C[C@@H](N)c1ccc(N2CCc3ccccc3C2)c(Cl)c1. The first kappa shape index (κ1) is 13.5. The Balaban J connectivity index is 1.88. The van der Waals surface area contributed by atoms with Crippen LogP contribution in [-0.2, 0) is 13.0 Å². The van der Waals surface area contributed by atoms with Crippen LogP contribution in [0.15, 0.2) is 42.5 Å². The van der Waals surface area contributed by atoms with Crippen LogP contribution in [0.4, 0.5) is 5.69 Å². The molecule has 0 aliphatic carbocycles. The fourth-order valence-electron chi connectivity index (χ4n) is 2.76. The van der Waals surface area contributed by atoms with Gasteiger partial charge in [-0.3, -0.25) is 0 Å². The predicted molar refractivity (Wildman–Crippen MR) is 85.3 cm³/mol. The molecule has 0 spiro atoms. The molecule has 2 aromatic rings. The zero-order valence-corrected chi connectivity index (χ0v) is 12.4. The van der Waals surface area contributed by atoms with Gasteiger partial charge in [-0.25, -0.2) is 0 Å². The number of hydrogen-bond donors (Lipinski definition) is 1. The number of rotatable bonds is 2. The average molecular weight is 287 g/mol. The van der Waals surface area contributed by atoms with E-state index < -0.39 is 0 Å². The summed E-state index contributed by atoms with van der Waals surface area (Å²) in [6.07, 6.45) is 1.07. The Kier molecular flexibility index (Phi) is 3.68. The molecule has 1 heterocycles. The van der Waals surface area contributed by atoms with Crippen molar-refractivity contribution in [3.05, 3.63) is 64.2 Å². The third-order valence-corrected chi connectivity index (χ3v) is 4.27. The highest BCUT2D eigenvalue weighted by atomic mass is 35.5. The molecule has 1 aliphatic heterocycles. The lowest BCUT2D eigenvalue weighted by atomic mass is 9.99. The second-order valence-corrected chi connectivity index (χ2v) is 5.85. The van der Waals surface area contributed by atoms with E-state index in [1.54, 1.807) is 0 Å². The summed E-state index contributed by atoms with van der Waals surface area (Å²) in [7, 11) is 0. The predicted octanol–water partition coefficient (Wildman–Crippen LogP) is 3.92. The number of halogens is 1. The molecule has 2 N–H and O–H groups in total. The molecule has 0 bridgehead atoms. The van der Waals surface area contributed by atoms with Gasteiger partial charge in [-0.05, 0) is 42.2 Å². The zero-order chi connectivity index (χ0) is 14.1. The van der Waals surface area contributed by atoms with Gasteiger partial charge in [0, 0.05) is 19.1 Å². The minimum absolute atomic E-state index is 0.0173. The van der Waals surface area contributed by atoms with Crippen molar-refractivity contribution in [1.29, 1.82) is 0 Å². The zero-order valence-electron chi connectivity index (χ0n) is 11.6. The quantitative estimate of drug-likeness (QED) is 0.906. The van der Waals surface area contributed by atoms with Gasteiger partial charge in [0.15, 0.2) is 0 Å². The number of benzene rings is 2. The Morgan fingerprint density at radius 3 is 2.60 bits per heavy atom. The first-order valence-corrected chi connectivity index (χ1v) is 7.39. The second kappa shape index (κ2) is 5.47. The van der Waals surface area contributed by atoms with E-state index in [0.717, 1.165) is 35.8 Å². The summed E-state index contributed by atoms with van der Waals surface area (Å²) in [4.78, 5) is 2.34. The van der Waals surface area contributed by atoms with Crippen LogP contribution in [0.1, 0.15) is 29.7 Å². The fourth-order valence-corrected chi connectivity index (χ4v) is 3.07. The summed E-state index contributed by atoms with van der Waals surface area (Å²) >= 11 is 6.44. The van der Waals surface area contributed by atoms with Gasteiger partial charge in [0.2, 0.25) is 0 Å². The van der Waals surface area contributed by atoms with Gasteiger partial charge in [-0.2, -0.15) is 0 Å². The van der Waals surface area contributed by atoms with Crippen molar-refractivity contribution in [3.63, 3.8) is 0 Å². The van der Waals surface area contributed by atoms with Crippen molar-refractivity contribution in [2.75, 3.05) is 11.4 Å². The molecule has 1 aliphatic rings. The summed E-state index contributed by atoms with van der Waals surface area (Å²) < 4.78 is 0. The Labute approximate surface area is 125 Å². The van der Waals surface area contributed by atoms with Gasteiger partial charge in [-0.15, -0.1) is 0 Å². The summed E-state index contributed by atoms with van der Waals surface area (Å²) in [5.74, 6) is 0. The molecule has 0 saturated carbocycles. The lowest BCUT2D eigenvalue weighted by Gasteiger charge is -2.31. The molecular weight excluding hydrogens is 268 g/mol. The van der Waals surface area contributed by atoms with E-state index in [2.05, 4.69) is 41.3 Å². The van der Waals surface area contributed by atoms with Crippen LogP contribution in [0, 0.1) is 0 Å². The number of fused-ring (bicyclic) bond motifs is 1. The Bertz CT molecular complexity index is 622. The van der Waals surface area contributed by atoms with Crippen LogP contribution >= 0.6 is 11.6 Å². The molecule has 0 aromatic heterocycles. The topological polar surface area (TPSA) is 29.3 Å². The molecule has 104 valence electrons. The van der Waals surface area contributed by atoms with Crippen molar-refractivity contribution in [2.45, 2.75) is 25.9 Å². The van der Waals surface area contributed by atoms with Crippen molar-refractivity contribution in [3.8, 4) is 0 Å². The summed E-state index contributed by atoms with van der Waals surface area (Å²) in [6, 6.07) is 14.8. The van der Waals surface area contributed by atoms with E-state index in [1.807, 2.05) is 13.0 Å². The van der Waals surface area contributed by atoms with Gasteiger partial charge in [-0.1, -0.05) is 41.9 Å². The third kappa shape index (κ3) is 2.54. The van der Waals surface area contributed by atoms with Crippen LogP contribution in [0.25, 0.3) is 0 Å². The van der Waals surface area contributed by atoms with Gasteiger partial charge in [0.25, 0.3) is 0 Å². The van der Waals surface area contributed by atoms with Crippen LogP contribution < -0.4 is 10.6 Å². The lowest BCUT2D eigenvalue weighted by molar-refractivity contribution is 0.731. The van der Waals surface area contributed by atoms with E-state index in [0.29, 0.717) is 0 Å². The first-order chi connectivity index (χ1) is 9.65. The molecule has 3 rings (SSSR count). The molecule has 2 nitrogen and oxygen atoms in total. The number of nitrogens with zero attached hydrogens (tertiary/aromatic N) is 1. The Morgan fingerprint density at radius 1 is 1.15 bits per heavy atom. The van der Waals surface area contributed by atoms with Crippen molar-refractivity contribution >= 4 is 17.3 Å². The maximum Gasteiger partial charge on any atom is 0.0643 e. The van der Waals surface area contributed by atoms with Crippen LogP contribution in [0.2, 0.25) is 5.02 Å². The monoisotopic (exact) mass is 286 g/mol. The molecule has 1 atom stereocenters. The average Bonchev–Trinajstić information content (AvgIpc) is 2.46. The Morgan fingerprint density at radius 2 is 1.90 bits per heavy atom. The molecule has 3 heteroatoms. The molecule has 0 unspecified atom stereocenters. The van der Waals surface area contributed by atoms with Crippen LogP contribution in [0.5, 0.6) is 0 Å².